The van der Waals surface area contributed by atoms with Gasteiger partial charge < -0.3 is 15.1 Å². The van der Waals surface area contributed by atoms with E-state index >= 15 is 0 Å². The maximum atomic E-state index is 12.1. The van der Waals surface area contributed by atoms with Crippen molar-refractivity contribution >= 4 is 40.6 Å². The smallest absolute Gasteiger partial charge is 0.270 e. The van der Waals surface area contributed by atoms with Crippen molar-refractivity contribution in [2.45, 2.75) is 6.54 Å². The first kappa shape index (κ1) is 16.3. The molecule has 24 heavy (non-hydrogen) atoms. The second-order valence-electron chi connectivity index (χ2n) is 4.83. The minimum Gasteiger partial charge on any atom is -0.467 e. The Balaban J connectivity index is 1.70. The highest BCUT2D eigenvalue weighted by Gasteiger charge is 2.10. The molecule has 0 unspecified atom stereocenters. The number of hydrogen-bond acceptors (Lipinski definition) is 5. The van der Waals surface area contributed by atoms with Crippen LogP contribution >= 0.6 is 23.2 Å². The number of carbonyl (C=O) groups excluding carboxylic acids is 1. The van der Waals surface area contributed by atoms with Gasteiger partial charge in [0.15, 0.2) is 0 Å². The van der Waals surface area contributed by atoms with Gasteiger partial charge in [-0.25, -0.2) is 9.97 Å². The number of carbonyl (C=O) groups is 1. The molecule has 0 saturated heterocycles. The molecule has 122 valence electrons. The second-order valence-corrected chi connectivity index (χ2v) is 5.71. The Kier molecular flexibility index (Phi) is 4.98. The molecule has 3 rings (SSSR count). The Morgan fingerprint density at radius 1 is 1.12 bits per heavy atom. The average molecular weight is 363 g/mol. The average Bonchev–Trinajstić information content (AvgIpc) is 3.05. The van der Waals surface area contributed by atoms with E-state index in [2.05, 4.69) is 20.6 Å². The Bertz CT molecular complexity index is 833. The van der Waals surface area contributed by atoms with Crippen molar-refractivity contribution in [1.29, 1.82) is 0 Å². The van der Waals surface area contributed by atoms with Crippen LogP contribution in [-0.4, -0.2) is 15.9 Å². The molecule has 2 N–H and O–H groups in total. The molecule has 0 bridgehead atoms. The SMILES string of the molecule is O=C(NCc1ccco1)c1cc(Nc2cc(Cl)cc(Cl)c2)ncn1. The van der Waals surface area contributed by atoms with Crippen LogP contribution in [0, 0.1) is 0 Å². The number of amides is 1. The van der Waals surface area contributed by atoms with E-state index < -0.39 is 0 Å². The van der Waals surface area contributed by atoms with E-state index in [9.17, 15) is 4.79 Å². The molecular formula is C16H12Cl2N4O2. The number of furan rings is 1. The van der Waals surface area contributed by atoms with Crippen molar-refractivity contribution in [1.82, 2.24) is 15.3 Å². The summed E-state index contributed by atoms with van der Waals surface area (Å²) < 4.78 is 5.16. The van der Waals surface area contributed by atoms with Crippen LogP contribution in [0.15, 0.2) is 53.4 Å². The molecule has 0 aliphatic carbocycles. The summed E-state index contributed by atoms with van der Waals surface area (Å²) in [5.41, 5.74) is 0.889. The predicted molar refractivity (Wildman–Crippen MR) is 91.7 cm³/mol. The molecule has 0 fully saturated rings. The van der Waals surface area contributed by atoms with Gasteiger partial charge in [0.2, 0.25) is 0 Å². The molecule has 0 atom stereocenters. The normalized spacial score (nSPS) is 10.4. The topological polar surface area (TPSA) is 80.0 Å². The lowest BCUT2D eigenvalue weighted by atomic mass is 10.3. The summed E-state index contributed by atoms with van der Waals surface area (Å²) in [4.78, 5) is 20.2. The lowest BCUT2D eigenvalue weighted by Gasteiger charge is -2.08. The van der Waals surface area contributed by atoms with Gasteiger partial charge in [-0.15, -0.1) is 0 Å². The number of halogens is 2. The molecule has 6 nitrogen and oxygen atoms in total. The van der Waals surface area contributed by atoms with Crippen molar-refractivity contribution in [2.75, 3.05) is 5.32 Å². The third kappa shape index (κ3) is 4.24. The highest BCUT2D eigenvalue weighted by molar-refractivity contribution is 6.35. The van der Waals surface area contributed by atoms with Gasteiger partial charge in [-0.05, 0) is 30.3 Å². The van der Waals surface area contributed by atoms with Gasteiger partial charge in [0.25, 0.3) is 5.91 Å². The monoisotopic (exact) mass is 362 g/mol. The number of aromatic nitrogens is 2. The molecule has 3 aromatic rings. The third-order valence-electron chi connectivity index (χ3n) is 3.04. The maximum Gasteiger partial charge on any atom is 0.270 e. The van der Waals surface area contributed by atoms with Crippen LogP contribution in [0.3, 0.4) is 0 Å². The molecule has 1 amide bonds. The number of benzene rings is 1. The van der Waals surface area contributed by atoms with Crippen LogP contribution in [0.5, 0.6) is 0 Å². The molecule has 2 aromatic heterocycles. The van der Waals surface area contributed by atoms with Crippen LogP contribution in [-0.2, 0) is 6.54 Å². The quantitative estimate of drug-likeness (QED) is 0.715. The number of rotatable bonds is 5. The summed E-state index contributed by atoms with van der Waals surface area (Å²) in [6.07, 6.45) is 2.85. The highest BCUT2D eigenvalue weighted by atomic mass is 35.5. The molecule has 0 aliphatic heterocycles. The van der Waals surface area contributed by atoms with E-state index in [1.54, 1.807) is 36.6 Å². The summed E-state index contributed by atoms with van der Waals surface area (Å²) in [5, 5.41) is 6.74. The van der Waals surface area contributed by atoms with Crippen LogP contribution in [0.4, 0.5) is 11.5 Å². The lowest BCUT2D eigenvalue weighted by Crippen LogP contribution is -2.23. The molecule has 0 saturated carbocycles. The van der Waals surface area contributed by atoms with Crippen molar-refractivity contribution < 1.29 is 9.21 Å². The van der Waals surface area contributed by atoms with E-state index in [0.717, 1.165) is 0 Å². The Labute approximate surface area is 147 Å². The Hall–Kier alpha value is -2.57. The first-order valence-corrected chi connectivity index (χ1v) is 7.71. The standard InChI is InChI=1S/C16H12Cl2N4O2/c17-10-4-11(18)6-12(5-10)22-15-7-14(20-9-21-15)16(23)19-8-13-2-1-3-24-13/h1-7,9H,8H2,(H,19,23)(H,20,21,22). The molecule has 2 heterocycles. The van der Waals surface area contributed by atoms with Gasteiger partial charge in [-0.3, -0.25) is 4.79 Å². The van der Waals surface area contributed by atoms with Crippen LogP contribution in [0.1, 0.15) is 16.2 Å². The fourth-order valence-corrected chi connectivity index (χ4v) is 2.52. The summed E-state index contributed by atoms with van der Waals surface area (Å²) >= 11 is 11.9. The Morgan fingerprint density at radius 3 is 2.62 bits per heavy atom. The molecule has 0 aliphatic rings. The molecular weight excluding hydrogens is 351 g/mol. The van der Waals surface area contributed by atoms with Gasteiger partial charge in [-0.1, -0.05) is 23.2 Å². The van der Waals surface area contributed by atoms with Crippen molar-refractivity contribution in [3.05, 3.63) is 70.5 Å². The van der Waals surface area contributed by atoms with Crippen LogP contribution < -0.4 is 10.6 Å². The van der Waals surface area contributed by atoms with E-state index in [4.69, 9.17) is 27.6 Å². The lowest BCUT2D eigenvalue weighted by molar-refractivity contribution is 0.0943. The van der Waals surface area contributed by atoms with Crippen molar-refractivity contribution in [3.8, 4) is 0 Å². The zero-order chi connectivity index (χ0) is 16.9. The first-order chi connectivity index (χ1) is 11.6. The van der Waals surface area contributed by atoms with Gasteiger partial charge >= 0.3 is 0 Å². The second kappa shape index (κ2) is 7.33. The minimum atomic E-state index is -0.332. The molecule has 8 heteroatoms. The third-order valence-corrected chi connectivity index (χ3v) is 3.47. The fraction of sp³-hybridized carbons (Fsp3) is 0.0625. The number of anilines is 2. The van der Waals surface area contributed by atoms with E-state index in [0.29, 0.717) is 27.3 Å². The minimum absolute atomic E-state index is 0.229. The summed E-state index contributed by atoms with van der Waals surface area (Å²) in [6.45, 7) is 0.280. The molecule has 1 aromatic carbocycles. The molecule has 0 radical (unpaired) electrons. The van der Waals surface area contributed by atoms with Crippen molar-refractivity contribution in [2.24, 2.45) is 0 Å². The van der Waals surface area contributed by atoms with Crippen LogP contribution in [0.25, 0.3) is 0 Å². The summed E-state index contributed by atoms with van der Waals surface area (Å²) in [6, 6.07) is 10.1. The first-order valence-electron chi connectivity index (χ1n) is 6.96. The summed E-state index contributed by atoms with van der Waals surface area (Å²) in [5.74, 6) is 0.775. The Morgan fingerprint density at radius 2 is 1.92 bits per heavy atom. The van der Waals surface area contributed by atoms with Gasteiger partial charge in [0.1, 0.15) is 23.6 Å². The van der Waals surface area contributed by atoms with Crippen LogP contribution in [0.2, 0.25) is 10.0 Å². The maximum absolute atomic E-state index is 12.1. The zero-order valence-corrected chi connectivity index (χ0v) is 13.8. The van der Waals surface area contributed by atoms with E-state index in [1.807, 2.05) is 0 Å². The number of nitrogens with zero attached hydrogens (tertiary/aromatic N) is 2. The fourth-order valence-electron chi connectivity index (χ4n) is 1.99. The number of nitrogens with one attached hydrogen (secondary N) is 2. The predicted octanol–water partition coefficient (Wildman–Crippen LogP) is 4.05. The van der Waals surface area contributed by atoms with Gasteiger partial charge in [-0.2, -0.15) is 0 Å². The van der Waals surface area contributed by atoms with Crippen molar-refractivity contribution in [3.63, 3.8) is 0 Å². The van der Waals surface area contributed by atoms with Gasteiger partial charge in [0, 0.05) is 21.8 Å². The highest BCUT2D eigenvalue weighted by Crippen LogP contribution is 2.24. The van der Waals surface area contributed by atoms with E-state index in [1.165, 1.54) is 12.4 Å². The summed E-state index contributed by atoms with van der Waals surface area (Å²) in [7, 11) is 0. The van der Waals surface area contributed by atoms with E-state index in [-0.39, 0.29) is 18.1 Å². The van der Waals surface area contributed by atoms with Gasteiger partial charge in [0.05, 0.1) is 12.8 Å². The number of hydrogen-bond donors (Lipinski definition) is 2. The zero-order valence-electron chi connectivity index (χ0n) is 12.3. The molecule has 0 spiro atoms. The largest absolute Gasteiger partial charge is 0.467 e.